The lowest BCUT2D eigenvalue weighted by molar-refractivity contribution is 0.00578. The van der Waals surface area contributed by atoms with Gasteiger partial charge in [0.2, 0.25) is 0 Å². The molecular formula is C16H22BClO4. The monoisotopic (exact) mass is 324 g/mol. The van der Waals surface area contributed by atoms with Crippen LogP contribution in [0.1, 0.15) is 33.3 Å². The summed E-state index contributed by atoms with van der Waals surface area (Å²) in [5, 5.41) is 10.3. The van der Waals surface area contributed by atoms with Crippen molar-refractivity contribution in [2.24, 2.45) is 0 Å². The van der Waals surface area contributed by atoms with Crippen LogP contribution >= 0.6 is 11.6 Å². The summed E-state index contributed by atoms with van der Waals surface area (Å²) in [7, 11) is 0.995. The molecule has 1 aromatic rings. The zero-order valence-electron chi connectivity index (χ0n) is 13.6. The smallest absolute Gasteiger partial charge is 0.492 e. The van der Waals surface area contributed by atoms with E-state index < -0.39 is 18.3 Å². The maximum atomic E-state index is 9.70. The first-order valence-electron chi connectivity index (χ1n) is 7.20. The van der Waals surface area contributed by atoms with Crippen molar-refractivity contribution in [3.8, 4) is 5.75 Å². The van der Waals surface area contributed by atoms with E-state index in [2.05, 4.69) is 0 Å². The van der Waals surface area contributed by atoms with E-state index >= 15 is 0 Å². The molecule has 1 heterocycles. The van der Waals surface area contributed by atoms with E-state index in [0.717, 1.165) is 5.56 Å². The van der Waals surface area contributed by atoms with Crippen molar-refractivity contribution in [1.82, 2.24) is 0 Å². The van der Waals surface area contributed by atoms with Crippen molar-refractivity contribution in [1.29, 1.82) is 0 Å². The number of benzene rings is 1. The minimum Gasteiger partial charge on any atom is -0.497 e. The predicted octanol–water partition coefficient (Wildman–Crippen LogP) is 3.36. The molecule has 1 aliphatic heterocycles. The third-order valence-corrected chi connectivity index (χ3v) is 4.63. The van der Waals surface area contributed by atoms with Crippen LogP contribution in [0.2, 0.25) is 5.02 Å². The van der Waals surface area contributed by atoms with Gasteiger partial charge in [-0.3, -0.25) is 0 Å². The number of halogens is 1. The van der Waals surface area contributed by atoms with Crippen molar-refractivity contribution in [2.75, 3.05) is 13.7 Å². The second-order valence-corrected chi connectivity index (χ2v) is 6.76. The third kappa shape index (κ3) is 3.33. The molecular weight excluding hydrogens is 302 g/mol. The Morgan fingerprint density at radius 1 is 1.27 bits per heavy atom. The minimum atomic E-state index is -0.600. The Balaban J connectivity index is 2.33. The first kappa shape index (κ1) is 17.4. The van der Waals surface area contributed by atoms with Crippen molar-refractivity contribution < 1.29 is 19.2 Å². The number of methoxy groups -OCH3 is 1. The molecule has 1 aromatic carbocycles. The fourth-order valence-electron chi connectivity index (χ4n) is 2.14. The molecule has 0 aliphatic carbocycles. The van der Waals surface area contributed by atoms with Crippen LogP contribution in [-0.2, 0) is 9.31 Å². The van der Waals surface area contributed by atoms with Crippen LogP contribution in [0.4, 0.5) is 0 Å². The normalized spacial score (nSPS) is 20.3. The first-order valence-corrected chi connectivity index (χ1v) is 7.58. The molecule has 120 valence electrons. The molecule has 1 aliphatic rings. The van der Waals surface area contributed by atoms with Crippen molar-refractivity contribution in [2.45, 2.75) is 38.9 Å². The Morgan fingerprint density at radius 3 is 2.36 bits per heavy atom. The number of aliphatic hydroxyl groups is 1. The van der Waals surface area contributed by atoms with E-state index in [1.165, 1.54) is 0 Å². The number of hydrogen-bond donors (Lipinski definition) is 1. The molecule has 0 spiro atoms. The maximum Gasteiger partial charge on any atom is 0.492 e. The Morgan fingerprint density at radius 2 is 1.86 bits per heavy atom. The standard InChI is InChI=1S/C16H22BClO4/c1-15(2)16(3,4)22-17(21-15)12(10-19)8-11-9-13(20-5)6-7-14(11)18/h6-9,19H,10H2,1-5H3. The predicted molar refractivity (Wildman–Crippen MR) is 89.1 cm³/mol. The highest BCUT2D eigenvalue weighted by Gasteiger charge is 2.52. The molecule has 0 saturated carbocycles. The summed E-state index contributed by atoms with van der Waals surface area (Å²) >= 11 is 6.21. The minimum absolute atomic E-state index is 0.176. The average molecular weight is 325 g/mol. The summed E-state index contributed by atoms with van der Waals surface area (Å²) in [5.74, 6) is 0.696. The van der Waals surface area contributed by atoms with Gasteiger partial charge in [0.1, 0.15) is 5.75 Å². The van der Waals surface area contributed by atoms with Gasteiger partial charge in [-0.1, -0.05) is 17.7 Å². The largest absolute Gasteiger partial charge is 0.497 e. The van der Waals surface area contributed by atoms with E-state index in [-0.39, 0.29) is 6.61 Å². The highest BCUT2D eigenvalue weighted by atomic mass is 35.5. The lowest BCUT2D eigenvalue weighted by atomic mass is 9.77. The van der Waals surface area contributed by atoms with Gasteiger partial charge in [-0.2, -0.15) is 0 Å². The Bertz CT molecular complexity index is 568. The highest BCUT2D eigenvalue weighted by Crippen LogP contribution is 2.39. The van der Waals surface area contributed by atoms with Gasteiger partial charge in [0.05, 0.1) is 24.9 Å². The molecule has 0 radical (unpaired) electrons. The van der Waals surface area contributed by atoms with Crippen LogP contribution in [0.25, 0.3) is 6.08 Å². The molecule has 0 unspecified atom stereocenters. The van der Waals surface area contributed by atoms with Crippen LogP contribution in [0.15, 0.2) is 23.7 Å². The van der Waals surface area contributed by atoms with E-state index in [1.807, 2.05) is 33.8 Å². The fourth-order valence-corrected chi connectivity index (χ4v) is 2.31. The van der Waals surface area contributed by atoms with Gasteiger partial charge in [-0.05, 0) is 56.9 Å². The number of hydrogen-bond acceptors (Lipinski definition) is 4. The second kappa shape index (κ2) is 6.24. The quantitative estimate of drug-likeness (QED) is 0.863. The van der Waals surface area contributed by atoms with E-state index in [9.17, 15) is 5.11 Å². The molecule has 4 nitrogen and oxygen atoms in total. The first-order chi connectivity index (χ1) is 10.2. The molecule has 1 saturated heterocycles. The van der Waals surface area contributed by atoms with Crippen molar-refractivity contribution >= 4 is 24.8 Å². The molecule has 0 atom stereocenters. The second-order valence-electron chi connectivity index (χ2n) is 6.35. The number of aliphatic hydroxyl groups excluding tert-OH is 1. The highest BCUT2D eigenvalue weighted by molar-refractivity contribution is 6.56. The summed E-state index contributed by atoms with van der Waals surface area (Å²) in [6.07, 6.45) is 1.78. The Kier molecular flexibility index (Phi) is 4.92. The number of rotatable bonds is 4. The number of ether oxygens (including phenoxy) is 1. The maximum absolute atomic E-state index is 9.70. The van der Waals surface area contributed by atoms with Gasteiger partial charge < -0.3 is 19.2 Å². The summed E-state index contributed by atoms with van der Waals surface area (Å²) in [6.45, 7) is 7.71. The van der Waals surface area contributed by atoms with Crippen LogP contribution < -0.4 is 4.74 Å². The zero-order chi connectivity index (χ0) is 16.5. The molecule has 2 rings (SSSR count). The van der Waals surface area contributed by atoms with Gasteiger partial charge in [0.25, 0.3) is 0 Å². The third-order valence-electron chi connectivity index (χ3n) is 4.28. The molecule has 1 fully saturated rings. The summed E-state index contributed by atoms with van der Waals surface area (Å²) in [4.78, 5) is 0. The average Bonchev–Trinajstić information content (AvgIpc) is 2.66. The molecule has 1 N–H and O–H groups in total. The van der Waals surface area contributed by atoms with E-state index in [0.29, 0.717) is 16.2 Å². The van der Waals surface area contributed by atoms with Gasteiger partial charge >= 0.3 is 7.12 Å². The van der Waals surface area contributed by atoms with E-state index in [1.54, 1.807) is 25.3 Å². The topological polar surface area (TPSA) is 47.9 Å². The molecule has 0 bridgehead atoms. The molecule has 22 heavy (non-hydrogen) atoms. The summed E-state index contributed by atoms with van der Waals surface area (Å²) in [5.41, 5.74) is 0.461. The van der Waals surface area contributed by atoms with Gasteiger partial charge in [0, 0.05) is 5.02 Å². The molecule has 0 aromatic heterocycles. The Hall–Kier alpha value is -1.01. The molecule has 0 amide bonds. The lowest BCUT2D eigenvalue weighted by Crippen LogP contribution is -2.41. The van der Waals surface area contributed by atoms with Crippen LogP contribution in [-0.4, -0.2) is 37.1 Å². The Labute approximate surface area is 137 Å². The van der Waals surface area contributed by atoms with Crippen LogP contribution in [0.5, 0.6) is 5.75 Å². The van der Waals surface area contributed by atoms with E-state index in [4.69, 9.17) is 25.6 Å². The van der Waals surface area contributed by atoms with Gasteiger partial charge in [0.15, 0.2) is 0 Å². The van der Waals surface area contributed by atoms with Gasteiger partial charge in [-0.15, -0.1) is 0 Å². The zero-order valence-corrected chi connectivity index (χ0v) is 14.4. The summed E-state index contributed by atoms with van der Waals surface area (Å²) < 4.78 is 17.1. The van der Waals surface area contributed by atoms with Gasteiger partial charge in [-0.25, -0.2) is 0 Å². The van der Waals surface area contributed by atoms with Crippen molar-refractivity contribution in [3.63, 3.8) is 0 Å². The van der Waals surface area contributed by atoms with Crippen LogP contribution in [0.3, 0.4) is 0 Å². The summed E-state index contributed by atoms with van der Waals surface area (Å²) in [6, 6.07) is 5.35. The fraction of sp³-hybridized carbons (Fsp3) is 0.500. The SMILES string of the molecule is COc1ccc(Cl)c(C=C(CO)B2OC(C)(C)C(C)(C)O2)c1. The molecule has 6 heteroatoms. The lowest BCUT2D eigenvalue weighted by Gasteiger charge is -2.32. The van der Waals surface area contributed by atoms with Crippen LogP contribution in [0, 0.1) is 0 Å². The van der Waals surface area contributed by atoms with Crippen molar-refractivity contribution in [3.05, 3.63) is 34.3 Å².